The lowest BCUT2D eigenvalue weighted by Crippen LogP contribution is -2.28. The van der Waals surface area contributed by atoms with Crippen LogP contribution in [0.3, 0.4) is 0 Å². The standard InChI is InChI=1S/C13H12ClN3O3S/c1-7-6-21-11(16-7)5-15-13(20)17-10-3-8(12(18)19)2-9(14)4-10/h2-4,6H,5H2,1H3,(H,18,19)(H2,15,17,20). The van der Waals surface area contributed by atoms with E-state index in [1.807, 2.05) is 12.3 Å². The molecule has 0 atom stereocenters. The third kappa shape index (κ3) is 4.44. The molecule has 0 spiro atoms. The summed E-state index contributed by atoms with van der Waals surface area (Å²) in [7, 11) is 0. The Morgan fingerprint density at radius 1 is 1.38 bits per heavy atom. The van der Waals surface area contributed by atoms with Crippen LogP contribution in [0.5, 0.6) is 0 Å². The zero-order chi connectivity index (χ0) is 15.4. The molecule has 1 aromatic heterocycles. The minimum absolute atomic E-state index is 0.00773. The van der Waals surface area contributed by atoms with Gasteiger partial charge < -0.3 is 15.7 Å². The van der Waals surface area contributed by atoms with E-state index in [9.17, 15) is 9.59 Å². The summed E-state index contributed by atoms with van der Waals surface area (Å²) < 4.78 is 0. The van der Waals surface area contributed by atoms with Gasteiger partial charge >= 0.3 is 12.0 Å². The number of amides is 2. The van der Waals surface area contributed by atoms with Crippen molar-refractivity contribution in [3.05, 3.63) is 44.9 Å². The highest BCUT2D eigenvalue weighted by molar-refractivity contribution is 7.09. The molecule has 110 valence electrons. The summed E-state index contributed by atoms with van der Waals surface area (Å²) in [6.07, 6.45) is 0. The average Bonchev–Trinajstić information content (AvgIpc) is 2.81. The molecule has 3 N–H and O–H groups in total. The number of hydrogen-bond acceptors (Lipinski definition) is 4. The molecule has 1 heterocycles. The fraction of sp³-hybridized carbons (Fsp3) is 0.154. The lowest BCUT2D eigenvalue weighted by atomic mass is 10.2. The van der Waals surface area contributed by atoms with Crippen molar-refractivity contribution in [2.45, 2.75) is 13.5 Å². The van der Waals surface area contributed by atoms with Gasteiger partial charge in [0.2, 0.25) is 0 Å². The maximum absolute atomic E-state index is 11.7. The second kappa shape index (κ2) is 6.55. The summed E-state index contributed by atoms with van der Waals surface area (Å²) in [6, 6.07) is 3.66. The van der Waals surface area contributed by atoms with E-state index < -0.39 is 12.0 Å². The predicted octanol–water partition coefficient (Wildman–Crippen LogP) is 3.12. The number of urea groups is 1. The fourth-order valence-electron chi connectivity index (χ4n) is 1.60. The van der Waals surface area contributed by atoms with Crippen LogP contribution >= 0.6 is 22.9 Å². The van der Waals surface area contributed by atoms with Gasteiger partial charge in [0.25, 0.3) is 0 Å². The molecule has 8 heteroatoms. The van der Waals surface area contributed by atoms with Gasteiger partial charge in [-0.25, -0.2) is 14.6 Å². The number of thiazole rings is 1. The van der Waals surface area contributed by atoms with E-state index in [1.165, 1.54) is 29.5 Å². The first-order chi connectivity index (χ1) is 9.94. The van der Waals surface area contributed by atoms with Crippen molar-refractivity contribution < 1.29 is 14.7 Å². The maximum Gasteiger partial charge on any atom is 0.335 e. The number of aromatic nitrogens is 1. The second-order valence-electron chi connectivity index (χ2n) is 4.22. The van der Waals surface area contributed by atoms with Crippen molar-refractivity contribution in [1.29, 1.82) is 0 Å². The summed E-state index contributed by atoms with van der Waals surface area (Å²) in [4.78, 5) is 26.9. The van der Waals surface area contributed by atoms with E-state index >= 15 is 0 Å². The number of aryl methyl sites for hydroxylation is 1. The second-order valence-corrected chi connectivity index (χ2v) is 5.60. The molecule has 0 radical (unpaired) electrons. The topological polar surface area (TPSA) is 91.3 Å². The van der Waals surface area contributed by atoms with Gasteiger partial charge in [0.15, 0.2) is 0 Å². The SMILES string of the molecule is Cc1csc(CNC(=O)Nc2cc(Cl)cc(C(=O)O)c2)n1. The van der Waals surface area contributed by atoms with E-state index in [0.29, 0.717) is 12.2 Å². The number of nitrogens with one attached hydrogen (secondary N) is 2. The highest BCUT2D eigenvalue weighted by Crippen LogP contribution is 2.19. The molecular formula is C13H12ClN3O3S. The Balaban J connectivity index is 1.97. The Morgan fingerprint density at radius 2 is 2.14 bits per heavy atom. The molecule has 2 rings (SSSR count). The number of carbonyl (C=O) groups excluding carboxylic acids is 1. The Morgan fingerprint density at radius 3 is 2.76 bits per heavy atom. The fourth-order valence-corrected chi connectivity index (χ4v) is 2.55. The summed E-state index contributed by atoms with van der Waals surface area (Å²) in [5, 5.41) is 17.0. The van der Waals surface area contributed by atoms with E-state index in [1.54, 1.807) is 0 Å². The van der Waals surface area contributed by atoms with Gasteiger partial charge in [0.05, 0.1) is 12.1 Å². The first-order valence-corrected chi connectivity index (χ1v) is 7.19. The molecule has 0 aliphatic rings. The van der Waals surface area contributed by atoms with Crippen LogP contribution in [0.1, 0.15) is 21.1 Å². The molecule has 0 aliphatic heterocycles. The van der Waals surface area contributed by atoms with Crippen molar-refractivity contribution in [2.75, 3.05) is 5.32 Å². The first-order valence-electron chi connectivity index (χ1n) is 5.94. The van der Waals surface area contributed by atoms with Crippen molar-refractivity contribution in [2.24, 2.45) is 0 Å². The summed E-state index contributed by atoms with van der Waals surface area (Å²) in [5.74, 6) is -1.11. The Hall–Kier alpha value is -2.12. The third-order valence-electron chi connectivity index (χ3n) is 2.47. The number of hydrogen-bond donors (Lipinski definition) is 3. The zero-order valence-electron chi connectivity index (χ0n) is 11.0. The molecule has 0 saturated heterocycles. The molecule has 0 saturated carbocycles. The van der Waals surface area contributed by atoms with Crippen LogP contribution in [0.4, 0.5) is 10.5 Å². The number of aromatic carboxylic acids is 1. The van der Waals surface area contributed by atoms with Crippen molar-refractivity contribution in [3.8, 4) is 0 Å². The largest absolute Gasteiger partial charge is 0.478 e. The smallest absolute Gasteiger partial charge is 0.335 e. The quantitative estimate of drug-likeness (QED) is 0.805. The van der Waals surface area contributed by atoms with Gasteiger partial charge in [-0.2, -0.15) is 0 Å². The van der Waals surface area contributed by atoms with Crippen molar-refractivity contribution >= 4 is 40.6 Å². The Bertz CT molecular complexity index is 687. The number of halogens is 1. The van der Waals surface area contributed by atoms with Crippen LogP contribution in [0.15, 0.2) is 23.6 Å². The van der Waals surface area contributed by atoms with E-state index in [0.717, 1.165) is 10.7 Å². The number of benzene rings is 1. The Kier molecular flexibility index (Phi) is 4.77. The molecule has 0 fully saturated rings. The monoisotopic (exact) mass is 325 g/mol. The highest BCUT2D eigenvalue weighted by Gasteiger charge is 2.09. The number of rotatable bonds is 4. The molecule has 0 aliphatic carbocycles. The van der Waals surface area contributed by atoms with E-state index in [4.69, 9.17) is 16.7 Å². The third-order valence-corrected chi connectivity index (χ3v) is 3.65. The molecule has 6 nitrogen and oxygen atoms in total. The average molecular weight is 326 g/mol. The van der Waals surface area contributed by atoms with Crippen LogP contribution in [-0.2, 0) is 6.54 Å². The predicted molar refractivity (Wildman–Crippen MR) is 81.1 cm³/mol. The van der Waals surface area contributed by atoms with Gasteiger partial charge in [-0.15, -0.1) is 11.3 Å². The summed E-state index contributed by atoms with van der Waals surface area (Å²) in [5.41, 5.74) is 1.22. The van der Waals surface area contributed by atoms with Gasteiger partial charge in [-0.3, -0.25) is 0 Å². The number of carboxylic acids is 1. The molecular weight excluding hydrogens is 314 g/mol. The van der Waals surface area contributed by atoms with Crippen LogP contribution < -0.4 is 10.6 Å². The zero-order valence-corrected chi connectivity index (χ0v) is 12.6. The Labute approximate surface area is 129 Å². The molecule has 2 amide bonds. The van der Waals surface area contributed by atoms with Crippen LogP contribution in [0, 0.1) is 6.92 Å². The van der Waals surface area contributed by atoms with Crippen LogP contribution in [0.25, 0.3) is 0 Å². The normalized spacial score (nSPS) is 10.2. The minimum atomic E-state index is -1.11. The highest BCUT2D eigenvalue weighted by atomic mass is 35.5. The van der Waals surface area contributed by atoms with Gasteiger partial charge in [-0.05, 0) is 25.1 Å². The van der Waals surface area contributed by atoms with Gasteiger partial charge in [0, 0.05) is 21.8 Å². The number of carboxylic acid groups (broad SMARTS) is 1. The van der Waals surface area contributed by atoms with Crippen molar-refractivity contribution in [1.82, 2.24) is 10.3 Å². The number of nitrogens with zero attached hydrogens (tertiary/aromatic N) is 1. The molecule has 0 unspecified atom stereocenters. The molecule has 21 heavy (non-hydrogen) atoms. The summed E-state index contributed by atoms with van der Waals surface area (Å²) >= 11 is 7.26. The number of anilines is 1. The van der Waals surface area contributed by atoms with E-state index in [-0.39, 0.29) is 10.6 Å². The van der Waals surface area contributed by atoms with Crippen LogP contribution in [-0.4, -0.2) is 22.1 Å². The van der Waals surface area contributed by atoms with Crippen LogP contribution in [0.2, 0.25) is 5.02 Å². The minimum Gasteiger partial charge on any atom is -0.478 e. The summed E-state index contributed by atoms with van der Waals surface area (Å²) in [6.45, 7) is 2.18. The molecule has 1 aromatic carbocycles. The lowest BCUT2D eigenvalue weighted by Gasteiger charge is -2.08. The van der Waals surface area contributed by atoms with E-state index in [2.05, 4.69) is 15.6 Å². The van der Waals surface area contributed by atoms with Gasteiger partial charge in [0.1, 0.15) is 5.01 Å². The first kappa shape index (κ1) is 15.3. The van der Waals surface area contributed by atoms with Crippen molar-refractivity contribution in [3.63, 3.8) is 0 Å². The number of carbonyl (C=O) groups is 2. The molecule has 2 aromatic rings. The van der Waals surface area contributed by atoms with Gasteiger partial charge in [-0.1, -0.05) is 11.6 Å². The molecule has 0 bridgehead atoms. The maximum atomic E-state index is 11.7. The lowest BCUT2D eigenvalue weighted by molar-refractivity contribution is 0.0697.